The number of nitrogens with zero attached hydrogens (tertiary/aromatic N) is 1. The molecule has 1 aromatic rings. The number of hydrogen-bond donors (Lipinski definition) is 2. The number of hydrogen-bond acceptors (Lipinski definition) is 4. The van der Waals surface area contributed by atoms with Crippen LogP contribution in [-0.4, -0.2) is 38.3 Å². The van der Waals surface area contributed by atoms with Gasteiger partial charge in [-0.2, -0.15) is 0 Å². The smallest absolute Gasteiger partial charge is 0.320 e. The van der Waals surface area contributed by atoms with E-state index in [-0.39, 0.29) is 11.8 Å². The van der Waals surface area contributed by atoms with Crippen molar-refractivity contribution in [1.29, 1.82) is 0 Å². The summed E-state index contributed by atoms with van der Waals surface area (Å²) in [4.78, 5) is 0. The van der Waals surface area contributed by atoms with Crippen LogP contribution in [-0.2, 0) is 22.3 Å². The zero-order valence-corrected chi connectivity index (χ0v) is 11.1. The zero-order chi connectivity index (χ0) is 12.1. The minimum Gasteiger partial charge on any atom is -0.494 e. The molecule has 0 spiro atoms. The summed E-state index contributed by atoms with van der Waals surface area (Å²) in [5, 5.41) is 19.0. The molecule has 1 aromatic heterocycles. The Hall–Kier alpha value is -0.983. The maximum Gasteiger partial charge on any atom is 0.320 e. The van der Waals surface area contributed by atoms with Crippen LogP contribution in [0, 0.1) is 0 Å². The Kier molecular flexibility index (Phi) is 4.85. The first-order valence-corrected chi connectivity index (χ1v) is 6.98. The Balaban J connectivity index is 2.46. The van der Waals surface area contributed by atoms with Gasteiger partial charge in [0.1, 0.15) is 0 Å². The Bertz CT molecular complexity index is 336. The quantitative estimate of drug-likeness (QED) is 0.730. The highest BCUT2D eigenvalue weighted by Gasteiger charge is 2.13. The van der Waals surface area contributed by atoms with Crippen LogP contribution in [0.5, 0.6) is 11.8 Å². The van der Waals surface area contributed by atoms with Gasteiger partial charge in [0.05, 0.1) is 0 Å². The van der Waals surface area contributed by atoms with Gasteiger partial charge < -0.3 is 19.1 Å². The second-order valence-corrected chi connectivity index (χ2v) is 6.08. The molecule has 92 valence electrons. The van der Waals surface area contributed by atoms with E-state index >= 15 is 0 Å². The van der Waals surface area contributed by atoms with E-state index in [9.17, 15) is 10.2 Å². The molecule has 5 nitrogen and oxygen atoms in total. The van der Waals surface area contributed by atoms with Crippen molar-refractivity contribution in [3.05, 3.63) is 11.6 Å². The average Bonchev–Trinajstić information content (AvgIpc) is 2.52. The molecule has 1 heterocycles. The average molecular weight is 245 g/mol. The molecule has 16 heavy (non-hydrogen) atoms. The fourth-order valence-corrected chi connectivity index (χ4v) is 2.82. The van der Waals surface area contributed by atoms with E-state index in [0.29, 0.717) is 0 Å². The van der Waals surface area contributed by atoms with Crippen LogP contribution in [0.15, 0.2) is 6.07 Å². The monoisotopic (exact) mass is 245 g/mol. The van der Waals surface area contributed by atoms with Crippen LogP contribution in [0.4, 0.5) is 0 Å². The summed E-state index contributed by atoms with van der Waals surface area (Å²) >= 11 is 0. The molecule has 2 N–H and O–H groups in total. The normalized spacial score (nSPS) is 11.2. The predicted molar refractivity (Wildman–Crippen MR) is 63.0 cm³/mol. The third-order valence-electron chi connectivity index (χ3n) is 2.66. The summed E-state index contributed by atoms with van der Waals surface area (Å²) in [6.07, 6.45) is 1.60. The van der Waals surface area contributed by atoms with Crippen molar-refractivity contribution in [2.45, 2.75) is 18.9 Å². The molecular formula is C10H19NO4Si. The third kappa shape index (κ3) is 3.00. The molecule has 0 unspecified atom stereocenters. The lowest BCUT2D eigenvalue weighted by molar-refractivity contribution is 0.276. The SMILES string of the molecule is CO[SiH](CCCc1cc(O)n(C)c1O)OC. The lowest BCUT2D eigenvalue weighted by Crippen LogP contribution is -2.18. The van der Waals surface area contributed by atoms with Gasteiger partial charge in [-0.05, 0) is 18.9 Å². The minimum atomic E-state index is -1.51. The highest BCUT2D eigenvalue weighted by atomic mass is 28.3. The standard InChI is InChI=1S/C10H19NO4Si/c1-11-9(12)7-8(10(11)13)5-4-6-16(14-2)15-3/h7,12-13,16H,4-6H2,1-3H3. The Morgan fingerprint density at radius 1 is 1.31 bits per heavy atom. The second kappa shape index (κ2) is 5.93. The molecular weight excluding hydrogens is 226 g/mol. The molecule has 0 amide bonds. The van der Waals surface area contributed by atoms with E-state index in [4.69, 9.17) is 8.85 Å². The van der Waals surface area contributed by atoms with Crippen molar-refractivity contribution in [2.75, 3.05) is 14.2 Å². The molecule has 0 bridgehead atoms. The van der Waals surface area contributed by atoms with Crippen LogP contribution >= 0.6 is 0 Å². The van der Waals surface area contributed by atoms with Gasteiger partial charge in [-0.3, -0.25) is 4.57 Å². The molecule has 0 aliphatic heterocycles. The van der Waals surface area contributed by atoms with Crippen molar-refractivity contribution < 1.29 is 19.1 Å². The molecule has 0 atom stereocenters. The van der Waals surface area contributed by atoms with E-state index in [0.717, 1.165) is 24.4 Å². The van der Waals surface area contributed by atoms with Crippen molar-refractivity contribution in [1.82, 2.24) is 4.57 Å². The van der Waals surface area contributed by atoms with Crippen molar-refractivity contribution in [2.24, 2.45) is 7.05 Å². The molecule has 0 fully saturated rings. The van der Waals surface area contributed by atoms with E-state index in [1.807, 2.05) is 0 Å². The van der Waals surface area contributed by atoms with Crippen LogP contribution in [0.25, 0.3) is 0 Å². The predicted octanol–water partition coefficient (Wildman–Crippen LogP) is 0.882. The maximum absolute atomic E-state index is 9.65. The summed E-state index contributed by atoms with van der Waals surface area (Å²) < 4.78 is 11.8. The highest BCUT2D eigenvalue weighted by Crippen LogP contribution is 2.27. The van der Waals surface area contributed by atoms with Gasteiger partial charge in [-0.25, -0.2) is 0 Å². The fraction of sp³-hybridized carbons (Fsp3) is 0.600. The molecule has 1 rings (SSSR count). The number of aromatic nitrogens is 1. The van der Waals surface area contributed by atoms with E-state index in [1.54, 1.807) is 27.3 Å². The number of aromatic hydroxyl groups is 2. The molecule has 0 aromatic carbocycles. The molecule has 0 aliphatic rings. The van der Waals surface area contributed by atoms with Gasteiger partial charge >= 0.3 is 9.28 Å². The largest absolute Gasteiger partial charge is 0.494 e. The molecule has 0 saturated heterocycles. The van der Waals surface area contributed by atoms with E-state index in [2.05, 4.69) is 0 Å². The van der Waals surface area contributed by atoms with Gasteiger partial charge in [0.25, 0.3) is 0 Å². The molecule has 0 aliphatic carbocycles. The van der Waals surface area contributed by atoms with Gasteiger partial charge in [-0.1, -0.05) is 0 Å². The third-order valence-corrected chi connectivity index (χ3v) is 4.59. The van der Waals surface area contributed by atoms with Crippen molar-refractivity contribution in [3.63, 3.8) is 0 Å². The lowest BCUT2D eigenvalue weighted by atomic mass is 10.2. The maximum atomic E-state index is 9.65. The first-order valence-electron chi connectivity index (χ1n) is 5.22. The zero-order valence-electron chi connectivity index (χ0n) is 9.93. The Labute approximate surface area is 97.1 Å². The van der Waals surface area contributed by atoms with Gasteiger partial charge in [0.15, 0.2) is 11.8 Å². The van der Waals surface area contributed by atoms with E-state index < -0.39 is 9.28 Å². The summed E-state index contributed by atoms with van der Waals surface area (Å²) in [5.41, 5.74) is 0.764. The Morgan fingerprint density at radius 3 is 2.38 bits per heavy atom. The van der Waals surface area contributed by atoms with Crippen molar-refractivity contribution >= 4 is 9.28 Å². The van der Waals surface area contributed by atoms with Crippen molar-refractivity contribution in [3.8, 4) is 11.8 Å². The summed E-state index contributed by atoms with van der Waals surface area (Å²) in [5.74, 6) is 0.213. The summed E-state index contributed by atoms with van der Waals surface area (Å²) in [6.45, 7) is 0. The first-order chi connectivity index (χ1) is 7.60. The topological polar surface area (TPSA) is 63.9 Å². The van der Waals surface area contributed by atoms with Crippen LogP contribution in [0.1, 0.15) is 12.0 Å². The van der Waals surface area contributed by atoms with Crippen LogP contribution < -0.4 is 0 Å². The fourth-order valence-electron chi connectivity index (χ4n) is 1.62. The first kappa shape index (κ1) is 13.1. The lowest BCUT2D eigenvalue weighted by Gasteiger charge is -2.09. The van der Waals surface area contributed by atoms with E-state index in [1.165, 1.54) is 4.57 Å². The summed E-state index contributed by atoms with van der Waals surface area (Å²) in [7, 11) is 3.43. The van der Waals surface area contributed by atoms with Gasteiger partial charge in [0.2, 0.25) is 0 Å². The molecule has 0 saturated carbocycles. The Morgan fingerprint density at radius 2 is 1.94 bits per heavy atom. The van der Waals surface area contributed by atoms with Gasteiger partial charge in [-0.15, -0.1) is 0 Å². The second-order valence-electron chi connectivity index (χ2n) is 3.70. The number of aryl methyl sites for hydroxylation is 1. The van der Waals surface area contributed by atoms with Gasteiger partial charge in [0, 0.05) is 32.9 Å². The molecule has 6 heteroatoms. The highest BCUT2D eigenvalue weighted by molar-refractivity contribution is 6.44. The van der Waals surface area contributed by atoms with Crippen LogP contribution in [0.2, 0.25) is 6.04 Å². The number of rotatable bonds is 6. The summed E-state index contributed by atoms with van der Waals surface area (Å²) in [6, 6.07) is 2.48. The molecule has 0 radical (unpaired) electrons. The van der Waals surface area contributed by atoms with Crippen LogP contribution in [0.3, 0.4) is 0 Å². The minimum absolute atomic E-state index is 0.0831.